The molecule has 1 unspecified atom stereocenters. The van der Waals surface area contributed by atoms with Gasteiger partial charge in [-0.1, -0.05) is 49.4 Å². The molecular weight excluding hydrogens is 240 g/mol. The number of aryl methyl sites for hydroxylation is 2. The van der Waals surface area contributed by atoms with Crippen LogP contribution >= 0.6 is 11.6 Å². The van der Waals surface area contributed by atoms with Gasteiger partial charge in [-0.05, 0) is 48.1 Å². The molecule has 94 valence electrons. The first-order valence-electron chi connectivity index (χ1n) is 6.42. The second-order valence-corrected chi connectivity index (χ2v) is 5.18. The first-order chi connectivity index (χ1) is 8.63. The Kier molecular flexibility index (Phi) is 4.08. The maximum absolute atomic E-state index is 6.60. The van der Waals surface area contributed by atoms with Crippen molar-refractivity contribution in [3.8, 4) is 0 Å². The summed E-state index contributed by atoms with van der Waals surface area (Å²) in [6.45, 7) is 6.43. The van der Waals surface area contributed by atoms with Crippen LogP contribution in [0.1, 0.15) is 40.1 Å². The van der Waals surface area contributed by atoms with Crippen LogP contribution in [-0.4, -0.2) is 0 Å². The van der Waals surface area contributed by atoms with Crippen molar-refractivity contribution in [3.05, 3.63) is 70.3 Å². The highest BCUT2D eigenvalue weighted by Crippen LogP contribution is 2.32. The van der Waals surface area contributed by atoms with Gasteiger partial charge in [0.25, 0.3) is 0 Å². The van der Waals surface area contributed by atoms with Gasteiger partial charge in [-0.2, -0.15) is 0 Å². The van der Waals surface area contributed by atoms with E-state index in [1.807, 2.05) is 0 Å². The Morgan fingerprint density at radius 3 is 2.28 bits per heavy atom. The highest BCUT2D eigenvalue weighted by molar-refractivity contribution is 6.22. The SMILES string of the molecule is CCc1ccc(C(Cl)c2cccc(C)c2C)cc1. The van der Waals surface area contributed by atoms with E-state index < -0.39 is 0 Å². The highest BCUT2D eigenvalue weighted by Gasteiger charge is 2.13. The lowest BCUT2D eigenvalue weighted by Crippen LogP contribution is -1.98. The van der Waals surface area contributed by atoms with Crippen molar-refractivity contribution in [1.29, 1.82) is 0 Å². The van der Waals surface area contributed by atoms with Gasteiger partial charge in [0.05, 0.1) is 5.38 Å². The van der Waals surface area contributed by atoms with E-state index in [0.29, 0.717) is 0 Å². The van der Waals surface area contributed by atoms with Gasteiger partial charge in [0.1, 0.15) is 0 Å². The molecule has 1 atom stereocenters. The van der Waals surface area contributed by atoms with Crippen LogP contribution in [0, 0.1) is 13.8 Å². The number of alkyl halides is 1. The quantitative estimate of drug-likeness (QED) is 0.665. The molecule has 0 fully saturated rings. The number of rotatable bonds is 3. The van der Waals surface area contributed by atoms with Gasteiger partial charge >= 0.3 is 0 Å². The topological polar surface area (TPSA) is 0 Å². The zero-order chi connectivity index (χ0) is 13.1. The smallest absolute Gasteiger partial charge is 0.0838 e. The maximum atomic E-state index is 6.60. The summed E-state index contributed by atoms with van der Waals surface area (Å²) in [5.74, 6) is 0. The summed E-state index contributed by atoms with van der Waals surface area (Å²) < 4.78 is 0. The Balaban J connectivity index is 2.35. The molecule has 0 aliphatic rings. The Morgan fingerprint density at radius 1 is 1.00 bits per heavy atom. The van der Waals surface area contributed by atoms with E-state index in [2.05, 4.69) is 63.2 Å². The fourth-order valence-electron chi connectivity index (χ4n) is 2.15. The maximum Gasteiger partial charge on any atom is 0.0838 e. The number of hydrogen-bond donors (Lipinski definition) is 0. The molecule has 0 saturated heterocycles. The van der Waals surface area contributed by atoms with E-state index in [4.69, 9.17) is 11.6 Å². The van der Waals surface area contributed by atoms with Crippen LogP contribution in [-0.2, 0) is 6.42 Å². The Hall–Kier alpha value is -1.27. The zero-order valence-electron chi connectivity index (χ0n) is 11.2. The van der Waals surface area contributed by atoms with Gasteiger partial charge in [0.15, 0.2) is 0 Å². The van der Waals surface area contributed by atoms with Crippen LogP contribution in [0.3, 0.4) is 0 Å². The molecule has 0 aliphatic heterocycles. The third kappa shape index (κ3) is 2.59. The van der Waals surface area contributed by atoms with E-state index in [0.717, 1.165) is 6.42 Å². The fraction of sp³-hybridized carbons (Fsp3) is 0.294. The van der Waals surface area contributed by atoms with E-state index >= 15 is 0 Å². The van der Waals surface area contributed by atoms with Crippen molar-refractivity contribution in [2.24, 2.45) is 0 Å². The molecule has 0 spiro atoms. The number of benzene rings is 2. The van der Waals surface area contributed by atoms with E-state index in [1.54, 1.807) is 0 Å². The average Bonchev–Trinajstić information content (AvgIpc) is 2.41. The van der Waals surface area contributed by atoms with Crippen molar-refractivity contribution in [2.45, 2.75) is 32.6 Å². The van der Waals surface area contributed by atoms with Crippen molar-refractivity contribution < 1.29 is 0 Å². The average molecular weight is 259 g/mol. The summed E-state index contributed by atoms with van der Waals surface area (Å²) >= 11 is 6.60. The summed E-state index contributed by atoms with van der Waals surface area (Å²) in [7, 11) is 0. The molecular formula is C17H19Cl. The monoisotopic (exact) mass is 258 g/mol. The van der Waals surface area contributed by atoms with Crippen molar-refractivity contribution in [3.63, 3.8) is 0 Å². The van der Waals surface area contributed by atoms with Gasteiger partial charge in [0.2, 0.25) is 0 Å². The minimum absolute atomic E-state index is 0.0594. The van der Waals surface area contributed by atoms with Crippen LogP contribution in [0.25, 0.3) is 0 Å². The largest absolute Gasteiger partial charge is 0.113 e. The van der Waals surface area contributed by atoms with Crippen LogP contribution < -0.4 is 0 Å². The molecule has 1 heteroatoms. The third-order valence-corrected chi connectivity index (χ3v) is 4.09. The lowest BCUT2D eigenvalue weighted by Gasteiger charge is -2.15. The Labute approximate surface area is 115 Å². The molecule has 0 amide bonds. The predicted octanol–water partition coefficient (Wildman–Crippen LogP) is 5.19. The van der Waals surface area contributed by atoms with Gasteiger partial charge in [-0.3, -0.25) is 0 Å². The minimum Gasteiger partial charge on any atom is -0.113 e. The molecule has 0 aromatic heterocycles. The summed E-state index contributed by atoms with van der Waals surface area (Å²) in [6.07, 6.45) is 1.07. The molecule has 2 aromatic rings. The van der Waals surface area contributed by atoms with Gasteiger partial charge in [-0.25, -0.2) is 0 Å². The third-order valence-electron chi connectivity index (χ3n) is 3.60. The van der Waals surface area contributed by atoms with Gasteiger partial charge in [0, 0.05) is 0 Å². The van der Waals surface area contributed by atoms with Gasteiger partial charge < -0.3 is 0 Å². The standard InChI is InChI=1S/C17H19Cl/c1-4-14-8-10-15(11-9-14)17(18)16-7-5-6-12(2)13(16)3/h5-11,17H,4H2,1-3H3. The summed E-state index contributed by atoms with van der Waals surface area (Å²) in [5, 5.41) is -0.0594. The lowest BCUT2D eigenvalue weighted by molar-refractivity contribution is 1.08. The van der Waals surface area contributed by atoms with Crippen LogP contribution in [0.15, 0.2) is 42.5 Å². The molecule has 0 bridgehead atoms. The molecule has 2 rings (SSSR count). The van der Waals surface area contributed by atoms with E-state index in [9.17, 15) is 0 Å². The molecule has 18 heavy (non-hydrogen) atoms. The molecule has 0 aliphatic carbocycles. The van der Waals surface area contributed by atoms with Crippen LogP contribution in [0.4, 0.5) is 0 Å². The molecule has 0 saturated carbocycles. The first kappa shape index (κ1) is 13.2. The summed E-state index contributed by atoms with van der Waals surface area (Å²) in [4.78, 5) is 0. The van der Waals surface area contributed by atoms with Crippen LogP contribution in [0.5, 0.6) is 0 Å². The van der Waals surface area contributed by atoms with Crippen molar-refractivity contribution in [2.75, 3.05) is 0 Å². The first-order valence-corrected chi connectivity index (χ1v) is 6.86. The number of halogens is 1. The lowest BCUT2D eigenvalue weighted by atomic mass is 9.96. The summed E-state index contributed by atoms with van der Waals surface area (Å²) in [6, 6.07) is 14.9. The molecule has 0 heterocycles. The van der Waals surface area contributed by atoms with E-state index in [-0.39, 0.29) is 5.38 Å². The second-order valence-electron chi connectivity index (χ2n) is 4.75. The van der Waals surface area contributed by atoms with Crippen molar-refractivity contribution >= 4 is 11.6 Å². The highest BCUT2D eigenvalue weighted by atomic mass is 35.5. The second kappa shape index (κ2) is 5.58. The Morgan fingerprint density at radius 2 is 1.67 bits per heavy atom. The normalized spacial score (nSPS) is 12.4. The van der Waals surface area contributed by atoms with E-state index in [1.165, 1.54) is 27.8 Å². The Bertz CT molecular complexity index is 526. The molecule has 0 N–H and O–H groups in total. The van der Waals surface area contributed by atoms with Crippen molar-refractivity contribution in [1.82, 2.24) is 0 Å². The van der Waals surface area contributed by atoms with Gasteiger partial charge in [-0.15, -0.1) is 11.6 Å². The van der Waals surface area contributed by atoms with Crippen LogP contribution in [0.2, 0.25) is 0 Å². The predicted molar refractivity (Wildman–Crippen MR) is 79.4 cm³/mol. The number of hydrogen-bond acceptors (Lipinski definition) is 0. The molecule has 0 nitrogen and oxygen atoms in total. The minimum atomic E-state index is -0.0594. The summed E-state index contributed by atoms with van der Waals surface area (Å²) in [5.41, 5.74) is 6.31. The zero-order valence-corrected chi connectivity index (χ0v) is 12.0. The molecule has 0 radical (unpaired) electrons. The fourth-order valence-corrected chi connectivity index (χ4v) is 2.53. The molecule has 2 aromatic carbocycles.